The highest BCUT2D eigenvalue weighted by Gasteiger charge is 1.80. The molecular formula is C18H28S. The van der Waals surface area contributed by atoms with Gasteiger partial charge in [0.1, 0.15) is 0 Å². The standard InChI is InChI=1S/C7H8S.C7H8.2C2H6/c1-8-7-5-3-2-4-6-7;1-7-5-3-2-4-6-7;2*1-2/h2-6H,1H3;2-6H,1H3;2*1-2H3. The minimum absolute atomic E-state index is 1.32. The summed E-state index contributed by atoms with van der Waals surface area (Å²) < 4.78 is 0. The molecule has 1 heteroatoms. The minimum Gasteiger partial charge on any atom is -0.130 e. The molecule has 0 unspecified atom stereocenters. The van der Waals surface area contributed by atoms with Gasteiger partial charge in [-0.15, -0.1) is 11.8 Å². The second-order valence-electron chi connectivity index (χ2n) is 3.17. The molecule has 0 N–H and O–H groups in total. The van der Waals surface area contributed by atoms with Gasteiger partial charge in [0.2, 0.25) is 0 Å². The molecule has 106 valence electrons. The average Bonchev–Trinajstić information content (AvgIpc) is 2.53. The normalized spacial score (nSPS) is 7.68. The summed E-state index contributed by atoms with van der Waals surface area (Å²) in [5, 5.41) is 0. The lowest BCUT2D eigenvalue weighted by Gasteiger charge is -1.89. The van der Waals surface area contributed by atoms with Gasteiger partial charge in [-0.1, -0.05) is 81.8 Å². The Labute approximate surface area is 124 Å². The highest BCUT2D eigenvalue weighted by atomic mass is 32.2. The van der Waals surface area contributed by atoms with Gasteiger partial charge in [-0.3, -0.25) is 0 Å². The van der Waals surface area contributed by atoms with Gasteiger partial charge in [0.15, 0.2) is 0 Å². The molecule has 0 spiro atoms. The van der Waals surface area contributed by atoms with E-state index in [1.807, 2.05) is 64.1 Å². The Morgan fingerprint density at radius 3 is 1.21 bits per heavy atom. The maximum Gasteiger partial charge on any atom is 0.00691 e. The zero-order valence-electron chi connectivity index (χ0n) is 13.2. The van der Waals surface area contributed by atoms with Crippen molar-refractivity contribution in [2.24, 2.45) is 0 Å². The van der Waals surface area contributed by atoms with Crippen molar-refractivity contribution in [2.45, 2.75) is 39.5 Å². The van der Waals surface area contributed by atoms with Crippen molar-refractivity contribution >= 4 is 11.8 Å². The van der Waals surface area contributed by atoms with E-state index >= 15 is 0 Å². The molecule has 0 atom stereocenters. The Morgan fingerprint density at radius 1 is 0.632 bits per heavy atom. The first-order valence-electron chi connectivity index (χ1n) is 6.93. The minimum atomic E-state index is 1.32. The summed E-state index contributed by atoms with van der Waals surface area (Å²) in [5.41, 5.74) is 1.32. The van der Waals surface area contributed by atoms with Crippen LogP contribution in [0.3, 0.4) is 0 Å². The van der Waals surface area contributed by atoms with Crippen LogP contribution in [-0.2, 0) is 0 Å². The smallest absolute Gasteiger partial charge is 0.00691 e. The molecule has 2 aromatic carbocycles. The van der Waals surface area contributed by atoms with Crippen molar-refractivity contribution in [2.75, 3.05) is 6.26 Å². The summed E-state index contributed by atoms with van der Waals surface area (Å²) in [6, 6.07) is 20.6. The zero-order chi connectivity index (χ0) is 14.9. The predicted molar refractivity (Wildman–Crippen MR) is 92.1 cm³/mol. The Kier molecular flexibility index (Phi) is 17.8. The number of hydrogen-bond acceptors (Lipinski definition) is 1. The lowest BCUT2D eigenvalue weighted by molar-refractivity contribution is 1.47. The molecule has 0 fully saturated rings. The van der Waals surface area contributed by atoms with Gasteiger partial charge in [0.25, 0.3) is 0 Å². The summed E-state index contributed by atoms with van der Waals surface area (Å²) in [5.74, 6) is 0. The third-order valence-electron chi connectivity index (χ3n) is 1.92. The topological polar surface area (TPSA) is 0 Å². The van der Waals surface area contributed by atoms with Gasteiger partial charge in [-0.2, -0.15) is 0 Å². The molecule has 0 aromatic heterocycles. The molecule has 0 aliphatic rings. The zero-order valence-corrected chi connectivity index (χ0v) is 14.0. The fourth-order valence-corrected chi connectivity index (χ4v) is 1.52. The van der Waals surface area contributed by atoms with Gasteiger partial charge < -0.3 is 0 Å². The number of benzene rings is 2. The van der Waals surface area contributed by atoms with Crippen molar-refractivity contribution in [1.82, 2.24) is 0 Å². The highest BCUT2D eigenvalue weighted by molar-refractivity contribution is 7.98. The van der Waals surface area contributed by atoms with Gasteiger partial charge in [0, 0.05) is 4.90 Å². The number of thioether (sulfide) groups is 1. The van der Waals surface area contributed by atoms with Crippen LogP contribution < -0.4 is 0 Å². The van der Waals surface area contributed by atoms with E-state index < -0.39 is 0 Å². The Bertz CT molecular complexity index is 354. The Morgan fingerprint density at radius 2 is 1.00 bits per heavy atom. The predicted octanol–water partition coefficient (Wildman–Crippen LogP) is 6.46. The van der Waals surface area contributed by atoms with Gasteiger partial charge in [-0.25, -0.2) is 0 Å². The largest absolute Gasteiger partial charge is 0.130 e. The summed E-state index contributed by atoms with van der Waals surface area (Å²) in [7, 11) is 0. The maximum absolute atomic E-state index is 2.10. The van der Waals surface area contributed by atoms with Crippen LogP contribution in [0.5, 0.6) is 0 Å². The maximum atomic E-state index is 2.10. The van der Waals surface area contributed by atoms with E-state index in [0.29, 0.717) is 0 Å². The Hall–Kier alpha value is -1.21. The van der Waals surface area contributed by atoms with E-state index in [9.17, 15) is 0 Å². The molecular weight excluding hydrogens is 248 g/mol. The second-order valence-corrected chi connectivity index (χ2v) is 4.05. The van der Waals surface area contributed by atoms with Crippen molar-refractivity contribution in [3.05, 3.63) is 66.2 Å². The number of hydrogen-bond donors (Lipinski definition) is 0. The molecule has 0 aliphatic heterocycles. The third-order valence-corrected chi connectivity index (χ3v) is 2.66. The molecule has 0 heterocycles. The van der Waals surface area contributed by atoms with E-state index in [1.165, 1.54) is 10.5 Å². The summed E-state index contributed by atoms with van der Waals surface area (Å²) in [4.78, 5) is 1.33. The van der Waals surface area contributed by atoms with Crippen LogP contribution in [0.25, 0.3) is 0 Å². The van der Waals surface area contributed by atoms with Gasteiger partial charge in [-0.05, 0) is 25.3 Å². The molecule has 0 nitrogen and oxygen atoms in total. The summed E-state index contributed by atoms with van der Waals surface area (Å²) in [6.07, 6.45) is 2.08. The average molecular weight is 276 g/mol. The van der Waals surface area contributed by atoms with Crippen LogP contribution >= 0.6 is 11.8 Å². The fraction of sp³-hybridized carbons (Fsp3) is 0.333. The van der Waals surface area contributed by atoms with Crippen LogP contribution in [0.15, 0.2) is 65.6 Å². The van der Waals surface area contributed by atoms with Crippen LogP contribution in [0.1, 0.15) is 33.3 Å². The van der Waals surface area contributed by atoms with E-state index in [-0.39, 0.29) is 0 Å². The fourth-order valence-electron chi connectivity index (χ4n) is 1.09. The number of rotatable bonds is 1. The van der Waals surface area contributed by atoms with Gasteiger partial charge >= 0.3 is 0 Å². The molecule has 0 amide bonds. The van der Waals surface area contributed by atoms with Crippen LogP contribution in [0.4, 0.5) is 0 Å². The molecule has 2 aromatic rings. The first-order valence-corrected chi connectivity index (χ1v) is 8.16. The van der Waals surface area contributed by atoms with Gasteiger partial charge in [0.05, 0.1) is 0 Å². The van der Waals surface area contributed by atoms with E-state index in [0.717, 1.165) is 0 Å². The molecule has 0 aliphatic carbocycles. The van der Waals surface area contributed by atoms with Crippen LogP contribution in [0, 0.1) is 6.92 Å². The van der Waals surface area contributed by atoms with E-state index in [4.69, 9.17) is 0 Å². The molecule has 0 bridgehead atoms. The quantitative estimate of drug-likeness (QED) is 0.539. The van der Waals surface area contributed by atoms with Crippen molar-refractivity contribution in [3.63, 3.8) is 0 Å². The lowest BCUT2D eigenvalue weighted by Crippen LogP contribution is -1.62. The van der Waals surface area contributed by atoms with E-state index in [1.54, 1.807) is 11.8 Å². The van der Waals surface area contributed by atoms with Crippen molar-refractivity contribution < 1.29 is 0 Å². The molecule has 2 rings (SSSR count). The van der Waals surface area contributed by atoms with Crippen molar-refractivity contribution in [3.8, 4) is 0 Å². The summed E-state index contributed by atoms with van der Waals surface area (Å²) >= 11 is 1.77. The molecule has 0 radical (unpaired) electrons. The number of aryl methyl sites for hydroxylation is 1. The third kappa shape index (κ3) is 13.0. The monoisotopic (exact) mass is 276 g/mol. The lowest BCUT2D eigenvalue weighted by atomic mass is 10.2. The second kappa shape index (κ2) is 16.8. The first kappa shape index (κ1) is 20.1. The first-order chi connectivity index (χ1) is 9.33. The van der Waals surface area contributed by atoms with Crippen LogP contribution in [-0.4, -0.2) is 6.26 Å². The molecule has 0 saturated carbocycles. The van der Waals surface area contributed by atoms with Crippen LogP contribution in [0.2, 0.25) is 0 Å². The van der Waals surface area contributed by atoms with E-state index in [2.05, 4.69) is 37.4 Å². The van der Waals surface area contributed by atoms with Crippen molar-refractivity contribution in [1.29, 1.82) is 0 Å². The highest BCUT2D eigenvalue weighted by Crippen LogP contribution is 2.11. The summed E-state index contributed by atoms with van der Waals surface area (Å²) in [6.45, 7) is 10.1. The Balaban J connectivity index is 0. The molecule has 0 saturated heterocycles. The SMILES string of the molecule is CC.CC.CSc1ccccc1.Cc1ccccc1. The molecule has 19 heavy (non-hydrogen) atoms.